The van der Waals surface area contributed by atoms with E-state index in [1.807, 2.05) is 18.2 Å². The number of rotatable bonds is 6. The zero-order valence-electron chi connectivity index (χ0n) is 20.4. The molecule has 2 aliphatic heterocycles. The van der Waals surface area contributed by atoms with Gasteiger partial charge in [0.1, 0.15) is 0 Å². The van der Waals surface area contributed by atoms with Crippen molar-refractivity contribution in [1.82, 2.24) is 14.2 Å². The van der Waals surface area contributed by atoms with Gasteiger partial charge in [-0.3, -0.25) is 9.88 Å². The number of hydrogen-bond acceptors (Lipinski definition) is 6. The second kappa shape index (κ2) is 10.1. The van der Waals surface area contributed by atoms with Crippen LogP contribution in [0.5, 0.6) is 0 Å². The van der Waals surface area contributed by atoms with Crippen molar-refractivity contribution in [2.24, 2.45) is 0 Å². The molecule has 0 radical (unpaired) electrons. The summed E-state index contributed by atoms with van der Waals surface area (Å²) in [7, 11) is -3.57. The van der Waals surface area contributed by atoms with E-state index < -0.39 is 10.0 Å². The molecule has 2 fully saturated rings. The second-order valence-electron chi connectivity index (χ2n) is 9.85. The molecule has 8 heteroatoms. The summed E-state index contributed by atoms with van der Waals surface area (Å²) in [4.78, 5) is 9.58. The Morgan fingerprint density at radius 2 is 1.78 bits per heavy atom. The zero-order valence-corrected chi connectivity index (χ0v) is 22.1. The molecule has 4 aromatic rings. The van der Waals surface area contributed by atoms with Crippen molar-refractivity contribution in [3.8, 4) is 0 Å². The standard InChI is InChI=1S/C28H32N4O2S2/c33-36(34,28-9-3-5-22-21-29-13-10-24(22)28)32-14-2-1-6-23(32)11-15-30-16-18-31(19-17-30)26-7-4-8-27-25(26)12-20-35-27/h3-5,7-10,12-13,20-21,23H,1-2,6,11,14-19H2/t23-/m0/s1. The lowest BCUT2D eigenvalue weighted by Gasteiger charge is -2.39. The molecule has 0 saturated carbocycles. The van der Waals surface area contributed by atoms with Gasteiger partial charge in [0.05, 0.1) is 4.90 Å². The van der Waals surface area contributed by atoms with Gasteiger partial charge in [0.15, 0.2) is 0 Å². The first kappa shape index (κ1) is 23.9. The Kier molecular flexibility index (Phi) is 6.69. The molecular formula is C28H32N4O2S2. The summed E-state index contributed by atoms with van der Waals surface area (Å²) in [5.41, 5.74) is 1.34. The number of fused-ring (bicyclic) bond motifs is 2. The van der Waals surface area contributed by atoms with Gasteiger partial charge < -0.3 is 4.90 Å². The Bertz CT molecular complexity index is 1460. The van der Waals surface area contributed by atoms with Crippen LogP contribution in [0.15, 0.2) is 71.2 Å². The summed E-state index contributed by atoms with van der Waals surface area (Å²) in [5, 5.41) is 5.14. The average Bonchev–Trinajstić information content (AvgIpc) is 3.41. The van der Waals surface area contributed by atoms with E-state index in [0.29, 0.717) is 11.4 Å². The lowest BCUT2D eigenvalue weighted by atomic mass is 10.0. The smallest absolute Gasteiger partial charge is 0.243 e. The lowest BCUT2D eigenvalue weighted by Crippen LogP contribution is -2.49. The summed E-state index contributed by atoms with van der Waals surface area (Å²) >= 11 is 1.80. The van der Waals surface area contributed by atoms with Crippen molar-refractivity contribution in [2.45, 2.75) is 36.6 Å². The highest BCUT2D eigenvalue weighted by Crippen LogP contribution is 2.33. The summed E-state index contributed by atoms with van der Waals surface area (Å²) in [6.45, 7) is 5.57. The molecule has 6 rings (SSSR count). The Labute approximate surface area is 217 Å². The number of hydrogen-bond donors (Lipinski definition) is 0. The number of aromatic nitrogens is 1. The van der Waals surface area contributed by atoms with E-state index >= 15 is 0 Å². The van der Waals surface area contributed by atoms with Crippen LogP contribution in [0.1, 0.15) is 25.7 Å². The summed E-state index contributed by atoms with van der Waals surface area (Å²) in [6, 6.07) is 16.2. The first-order valence-electron chi connectivity index (χ1n) is 12.9. The number of pyridine rings is 1. The van der Waals surface area contributed by atoms with Crippen LogP contribution in [0, 0.1) is 0 Å². The highest BCUT2D eigenvalue weighted by Gasteiger charge is 2.34. The van der Waals surface area contributed by atoms with E-state index in [-0.39, 0.29) is 6.04 Å². The van der Waals surface area contributed by atoms with Crippen molar-refractivity contribution in [3.63, 3.8) is 0 Å². The monoisotopic (exact) mass is 520 g/mol. The van der Waals surface area contributed by atoms with E-state index in [9.17, 15) is 8.42 Å². The predicted octanol–water partition coefficient (Wildman–Crippen LogP) is 5.21. The van der Waals surface area contributed by atoms with Crippen LogP contribution >= 0.6 is 11.3 Å². The fourth-order valence-electron chi connectivity index (χ4n) is 5.82. The zero-order chi connectivity index (χ0) is 24.5. The molecule has 0 bridgehead atoms. The Morgan fingerprint density at radius 3 is 2.67 bits per heavy atom. The van der Waals surface area contributed by atoms with Crippen LogP contribution in [-0.2, 0) is 10.0 Å². The molecule has 0 aliphatic carbocycles. The first-order chi connectivity index (χ1) is 17.6. The number of piperazine rings is 1. The fraction of sp³-hybridized carbons (Fsp3) is 0.393. The predicted molar refractivity (Wildman–Crippen MR) is 148 cm³/mol. The Morgan fingerprint density at radius 1 is 0.917 bits per heavy atom. The molecule has 4 heterocycles. The van der Waals surface area contributed by atoms with E-state index in [0.717, 1.165) is 69.2 Å². The number of nitrogens with zero attached hydrogens (tertiary/aromatic N) is 4. The van der Waals surface area contributed by atoms with Crippen LogP contribution in [0.2, 0.25) is 0 Å². The van der Waals surface area contributed by atoms with E-state index in [4.69, 9.17) is 0 Å². The molecule has 2 aliphatic rings. The van der Waals surface area contributed by atoms with E-state index in [2.05, 4.69) is 44.4 Å². The highest BCUT2D eigenvalue weighted by molar-refractivity contribution is 7.89. The first-order valence-corrected chi connectivity index (χ1v) is 15.2. The summed E-state index contributed by atoms with van der Waals surface area (Å²) in [6.07, 6.45) is 7.24. The molecule has 1 atom stereocenters. The van der Waals surface area contributed by atoms with Gasteiger partial charge in [-0.1, -0.05) is 24.6 Å². The van der Waals surface area contributed by atoms with Crippen LogP contribution in [0.25, 0.3) is 20.9 Å². The quantitative estimate of drug-likeness (QED) is 0.350. The van der Waals surface area contributed by atoms with Crippen LogP contribution in [0.3, 0.4) is 0 Å². The van der Waals surface area contributed by atoms with Gasteiger partial charge in [0.2, 0.25) is 10.0 Å². The van der Waals surface area contributed by atoms with Gasteiger partial charge in [-0.05, 0) is 61.5 Å². The second-order valence-corrected chi connectivity index (χ2v) is 12.7. The van der Waals surface area contributed by atoms with Gasteiger partial charge in [-0.2, -0.15) is 4.31 Å². The Hall–Kier alpha value is -2.52. The van der Waals surface area contributed by atoms with Gasteiger partial charge in [0.25, 0.3) is 0 Å². The van der Waals surface area contributed by atoms with Crippen molar-refractivity contribution >= 4 is 47.9 Å². The van der Waals surface area contributed by atoms with Gasteiger partial charge in [0, 0.05) is 77.7 Å². The minimum atomic E-state index is -3.57. The maximum absolute atomic E-state index is 13.8. The molecule has 2 aromatic heterocycles. The average molecular weight is 521 g/mol. The minimum absolute atomic E-state index is 0.0541. The molecule has 2 aromatic carbocycles. The summed E-state index contributed by atoms with van der Waals surface area (Å²) < 4.78 is 30.8. The minimum Gasteiger partial charge on any atom is -0.368 e. The maximum Gasteiger partial charge on any atom is 0.243 e. The molecule has 188 valence electrons. The molecule has 0 spiro atoms. The lowest BCUT2D eigenvalue weighted by molar-refractivity contribution is 0.193. The molecule has 0 unspecified atom stereocenters. The third-order valence-corrected chi connectivity index (χ3v) is 10.7. The normalized spacial score (nSPS) is 20.3. The molecule has 2 saturated heterocycles. The number of anilines is 1. The largest absolute Gasteiger partial charge is 0.368 e. The van der Waals surface area contributed by atoms with Crippen LogP contribution < -0.4 is 4.90 Å². The summed E-state index contributed by atoms with van der Waals surface area (Å²) in [5.74, 6) is 0. The van der Waals surface area contributed by atoms with Crippen molar-refractivity contribution in [2.75, 3.05) is 44.2 Å². The van der Waals surface area contributed by atoms with E-state index in [1.54, 1.807) is 34.1 Å². The third-order valence-electron chi connectivity index (χ3n) is 7.76. The van der Waals surface area contributed by atoms with Crippen LogP contribution in [0.4, 0.5) is 5.69 Å². The van der Waals surface area contributed by atoms with Gasteiger partial charge >= 0.3 is 0 Å². The number of sulfonamides is 1. The fourth-order valence-corrected chi connectivity index (χ4v) is 8.57. The molecule has 0 N–H and O–H groups in total. The third kappa shape index (κ3) is 4.52. The van der Waals surface area contributed by atoms with Gasteiger partial charge in [-0.25, -0.2) is 8.42 Å². The SMILES string of the molecule is O=S(=O)(c1cccc2cnccc12)N1CCCC[C@H]1CCN1CCN(c2cccc3sccc23)CC1. The topological polar surface area (TPSA) is 56.8 Å². The maximum atomic E-state index is 13.8. The van der Waals surface area contributed by atoms with Gasteiger partial charge in [-0.15, -0.1) is 11.3 Å². The number of piperidine rings is 1. The number of benzene rings is 2. The highest BCUT2D eigenvalue weighted by atomic mass is 32.2. The molecule has 0 amide bonds. The molecule has 6 nitrogen and oxygen atoms in total. The van der Waals surface area contributed by atoms with Crippen molar-refractivity contribution in [1.29, 1.82) is 0 Å². The van der Waals surface area contributed by atoms with Crippen molar-refractivity contribution in [3.05, 3.63) is 66.3 Å². The number of thiophene rings is 1. The molecule has 36 heavy (non-hydrogen) atoms. The van der Waals surface area contributed by atoms with Crippen molar-refractivity contribution < 1.29 is 8.42 Å². The van der Waals surface area contributed by atoms with E-state index in [1.165, 1.54) is 15.8 Å². The van der Waals surface area contributed by atoms with Crippen LogP contribution in [-0.4, -0.2) is 67.9 Å². The molecular weight excluding hydrogens is 488 g/mol. The Balaban J connectivity index is 1.13.